The predicted octanol–water partition coefficient (Wildman–Crippen LogP) is 1.05. The summed E-state index contributed by atoms with van der Waals surface area (Å²) in [6.45, 7) is 0.131. The Balaban J connectivity index is 2.45. The van der Waals surface area contributed by atoms with Gasteiger partial charge in [-0.05, 0) is 18.6 Å². The number of methoxy groups -OCH3 is 1. The van der Waals surface area contributed by atoms with Gasteiger partial charge in [0.15, 0.2) is 0 Å². The second-order valence-corrected chi connectivity index (χ2v) is 3.67. The van der Waals surface area contributed by atoms with E-state index in [9.17, 15) is 4.79 Å². The Morgan fingerprint density at radius 3 is 3.12 bits per heavy atom. The fraction of sp³-hybridized carbons (Fsp3) is 0.333. The van der Waals surface area contributed by atoms with Gasteiger partial charge >= 0.3 is 5.97 Å². The molecule has 0 bridgehead atoms. The third kappa shape index (κ3) is 2.14. The summed E-state index contributed by atoms with van der Waals surface area (Å²) in [5, 5.41) is 8.81. The molecule has 2 aromatic rings. The van der Waals surface area contributed by atoms with Gasteiger partial charge < -0.3 is 14.2 Å². The van der Waals surface area contributed by atoms with E-state index in [-0.39, 0.29) is 12.6 Å². The molecule has 2 heterocycles. The minimum atomic E-state index is -0.371. The van der Waals surface area contributed by atoms with Crippen molar-refractivity contribution in [3.8, 4) is 0 Å². The Bertz CT molecular complexity index is 534. The number of hydrogen-bond donors (Lipinski definition) is 1. The van der Waals surface area contributed by atoms with Crippen LogP contribution in [-0.2, 0) is 11.2 Å². The summed E-state index contributed by atoms with van der Waals surface area (Å²) in [7, 11) is 1.36. The summed E-state index contributed by atoms with van der Waals surface area (Å²) in [6.07, 6.45) is 4.83. The molecule has 5 nitrogen and oxygen atoms in total. The molecular formula is C12H14N2O3. The van der Waals surface area contributed by atoms with Crippen molar-refractivity contribution >= 4 is 11.5 Å². The lowest BCUT2D eigenvalue weighted by atomic mass is 10.2. The monoisotopic (exact) mass is 234 g/mol. The molecule has 0 saturated carbocycles. The van der Waals surface area contributed by atoms with E-state index in [2.05, 4.69) is 4.98 Å². The molecule has 0 spiro atoms. The summed E-state index contributed by atoms with van der Waals surface area (Å²) in [5.41, 5.74) is 1.23. The van der Waals surface area contributed by atoms with E-state index in [1.807, 2.05) is 10.6 Å². The van der Waals surface area contributed by atoms with Crippen LogP contribution in [0.4, 0.5) is 0 Å². The molecule has 0 aliphatic heterocycles. The lowest BCUT2D eigenvalue weighted by Crippen LogP contribution is -2.04. The lowest BCUT2D eigenvalue weighted by molar-refractivity contribution is 0.0602. The maximum Gasteiger partial charge on any atom is 0.340 e. The van der Waals surface area contributed by atoms with Crippen LogP contribution in [0.15, 0.2) is 24.5 Å². The van der Waals surface area contributed by atoms with Gasteiger partial charge in [-0.1, -0.05) is 0 Å². The molecule has 0 fully saturated rings. The number of ether oxygens (including phenoxy) is 1. The smallest absolute Gasteiger partial charge is 0.340 e. The predicted molar refractivity (Wildman–Crippen MR) is 61.9 cm³/mol. The highest BCUT2D eigenvalue weighted by Gasteiger charge is 2.12. The van der Waals surface area contributed by atoms with Crippen molar-refractivity contribution in [1.29, 1.82) is 0 Å². The highest BCUT2D eigenvalue weighted by atomic mass is 16.5. The topological polar surface area (TPSA) is 63.8 Å². The molecule has 2 rings (SSSR count). The Labute approximate surface area is 98.7 Å². The summed E-state index contributed by atoms with van der Waals surface area (Å²) in [4.78, 5) is 15.8. The van der Waals surface area contributed by atoms with Crippen LogP contribution in [0, 0.1) is 0 Å². The van der Waals surface area contributed by atoms with Gasteiger partial charge in [-0.25, -0.2) is 9.78 Å². The average molecular weight is 234 g/mol. The van der Waals surface area contributed by atoms with Gasteiger partial charge in [-0.15, -0.1) is 0 Å². The Kier molecular flexibility index (Phi) is 3.39. The zero-order chi connectivity index (χ0) is 12.3. The van der Waals surface area contributed by atoms with Crippen LogP contribution in [0.5, 0.6) is 0 Å². The van der Waals surface area contributed by atoms with Crippen LogP contribution in [0.3, 0.4) is 0 Å². The maximum atomic E-state index is 11.5. The molecule has 0 unspecified atom stereocenters. The van der Waals surface area contributed by atoms with Crippen molar-refractivity contribution in [3.63, 3.8) is 0 Å². The number of esters is 1. The van der Waals surface area contributed by atoms with E-state index in [0.717, 1.165) is 11.3 Å². The minimum Gasteiger partial charge on any atom is -0.465 e. The number of carbonyl (C=O) groups excluding carboxylic acids is 1. The van der Waals surface area contributed by atoms with Crippen LogP contribution in [0.1, 0.15) is 22.6 Å². The van der Waals surface area contributed by atoms with E-state index in [1.165, 1.54) is 7.11 Å². The third-order valence-corrected chi connectivity index (χ3v) is 2.61. The van der Waals surface area contributed by atoms with Gasteiger partial charge in [0.25, 0.3) is 0 Å². The highest BCUT2D eigenvalue weighted by Crippen LogP contribution is 2.14. The fourth-order valence-electron chi connectivity index (χ4n) is 1.78. The number of aliphatic hydroxyl groups is 1. The van der Waals surface area contributed by atoms with Crippen LogP contribution < -0.4 is 0 Å². The standard InChI is InChI=1S/C12H14N2O3/c1-17-12(16)9-4-2-6-14-10(9)8-13-11(14)5-3-7-15/h2,4,6,8,15H,3,5,7H2,1H3. The van der Waals surface area contributed by atoms with Crippen molar-refractivity contribution in [2.24, 2.45) is 0 Å². The average Bonchev–Trinajstić information content (AvgIpc) is 2.78. The SMILES string of the molecule is COC(=O)c1cccn2c(CCCO)ncc12. The lowest BCUT2D eigenvalue weighted by Gasteiger charge is -2.03. The Hall–Kier alpha value is -1.88. The second kappa shape index (κ2) is 4.97. The minimum absolute atomic E-state index is 0.131. The van der Waals surface area contributed by atoms with Gasteiger partial charge in [0.1, 0.15) is 5.82 Å². The first kappa shape index (κ1) is 11.6. The number of aliphatic hydroxyl groups excluding tert-OH is 1. The molecule has 90 valence electrons. The summed E-state index contributed by atoms with van der Waals surface area (Å²) < 4.78 is 6.56. The summed E-state index contributed by atoms with van der Waals surface area (Å²) in [5.74, 6) is 0.462. The van der Waals surface area contributed by atoms with E-state index < -0.39 is 0 Å². The van der Waals surface area contributed by atoms with Crippen molar-refractivity contribution in [1.82, 2.24) is 9.38 Å². The van der Waals surface area contributed by atoms with Crippen LogP contribution >= 0.6 is 0 Å². The molecule has 17 heavy (non-hydrogen) atoms. The van der Waals surface area contributed by atoms with E-state index in [4.69, 9.17) is 9.84 Å². The molecule has 0 radical (unpaired) electrons. The van der Waals surface area contributed by atoms with Gasteiger partial charge in [-0.2, -0.15) is 0 Å². The molecule has 0 saturated heterocycles. The van der Waals surface area contributed by atoms with Crippen molar-refractivity contribution in [2.45, 2.75) is 12.8 Å². The molecule has 1 N–H and O–H groups in total. The highest BCUT2D eigenvalue weighted by molar-refractivity contribution is 5.96. The van der Waals surface area contributed by atoms with Gasteiger partial charge in [-0.3, -0.25) is 0 Å². The number of pyridine rings is 1. The van der Waals surface area contributed by atoms with Crippen LogP contribution in [-0.4, -0.2) is 34.2 Å². The normalized spacial score (nSPS) is 10.7. The van der Waals surface area contributed by atoms with Crippen LogP contribution in [0.2, 0.25) is 0 Å². The number of rotatable bonds is 4. The quantitative estimate of drug-likeness (QED) is 0.803. The van der Waals surface area contributed by atoms with Crippen molar-refractivity contribution < 1.29 is 14.6 Å². The number of fused-ring (bicyclic) bond motifs is 1. The van der Waals surface area contributed by atoms with Crippen molar-refractivity contribution in [2.75, 3.05) is 13.7 Å². The number of aromatic nitrogens is 2. The molecular weight excluding hydrogens is 220 g/mol. The number of nitrogens with zero attached hydrogens (tertiary/aromatic N) is 2. The first-order valence-electron chi connectivity index (χ1n) is 5.42. The number of carbonyl (C=O) groups is 1. The number of imidazole rings is 1. The third-order valence-electron chi connectivity index (χ3n) is 2.61. The molecule has 0 aliphatic carbocycles. The van der Waals surface area contributed by atoms with Gasteiger partial charge in [0.05, 0.1) is 24.4 Å². The molecule has 0 aromatic carbocycles. The summed E-state index contributed by atoms with van der Waals surface area (Å²) >= 11 is 0. The first-order chi connectivity index (χ1) is 8.27. The largest absolute Gasteiger partial charge is 0.465 e. The number of hydrogen-bond acceptors (Lipinski definition) is 4. The Morgan fingerprint density at radius 1 is 1.59 bits per heavy atom. The zero-order valence-corrected chi connectivity index (χ0v) is 9.59. The fourth-order valence-corrected chi connectivity index (χ4v) is 1.78. The zero-order valence-electron chi connectivity index (χ0n) is 9.59. The Morgan fingerprint density at radius 2 is 2.41 bits per heavy atom. The molecule has 5 heteroatoms. The van der Waals surface area contributed by atoms with E-state index in [1.54, 1.807) is 18.3 Å². The molecule has 0 amide bonds. The van der Waals surface area contributed by atoms with Gasteiger partial charge in [0.2, 0.25) is 0 Å². The number of aryl methyl sites for hydroxylation is 1. The first-order valence-corrected chi connectivity index (χ1v) is 5.42. The summed E-state index contributed by atoms with van der Waals surface area (Å²) in [6, 6.07) is 3.49. The van der Waals surface area contributed by atoms with Gasteiger partial charge in [0, 0.05) is 19.2 Å². The molecule has 2 aromatic heterocycles. The van der Waals surface area contributed by atoms with E-state index >= 15 is 0 Å². The molecule has 0 aliphatic rings. The van der Waals surface area contributed by atoms with Crippen LogP contribution in [0.25, 0.3) is 5.52 Å². The van der Waals surface area contributed by atoms with E-state index in [0.29, 0.717) is 18.4 Å². The maximum absolute atomic E-state index is 11.5. The molecule has 0 atom stereocenters. The van der Waals surface area contributed by atoms with Crippen molar-refractivity contribution in [3.05, 3.63) is 35.9 Å². The second-order valence-electron chi connectivity index (χ2n) is 3.67.